The smallest absolute Gasteiger partial charge is 0.224 e. The van der Waals surface area contributed by atoms with Crippen LogP contribution in [0.3, 0.4) is 0 Å². The zero-order valence-corrected chi connectivity index (χ0v) is 19.7. The van der Waals surface area contributed by atoms with E-state index in [4.69, 9.17) is 9.84 Å². The number of nitrogens with one attached hydrogen (secondary N) is 1. The van der Waals surface area contributed by atoms with Crippen molar-refractivity contribution in [3.05, 3.63) is 64.2 Å². The van der Waals surface area contributed by atoms with Gasteiger partial charge in [-0.15, -0.1) is 0 Å². The number of hydrogen-bond acceptors (Lipinski definition) is 4. The van der Waals surface area contributed by atoms with E-state index in [2.05, 4.69) is 37.1 Å². The number of likely N-dealkylation sites (tertiary alicyclic amines) is 1. The summed E-state index contributed by atoms with van der Waals surface area (Å²) in [5.74, 6) is -0.325. The van der Waals surface area contributed by atoms with Crippen molar-refractivity contribution >= 4 is 5.91 Å². The first-order valence-electron chi connectivity index (χ1n) is 11.6. The average molecular weight is 461 g/mol. The number of ether oxygens (including phenoxy) is 1. The maximum Gasteiger partial charge on any atom is 0.224 e. The number of benzene rings is 2. The summed E-state index contributed by atoms with van der Waals surface area (Å²) >= 11 is 0. The van der Waals surface area contributed by atoms with Crippen molar-refractivity contribution in [1.29, 1.82) is 0 Å². The molecule has 2 aromatic rings. The molecular weight excluding hydrogens is 426 g/mol. The van der Waals surface area contributed by atoms with Crippen molar-refractivity contribution in [1.82, 2.24) is 10.2 Å². The predicted octanol–water partition coefficient (Wildman–Crippen LogP) is 4.08. The molecule has 1 atom stereocenters. The van der Waals surface area contributed by atoms with E-state index >= 15 is 0 Å². The molecule has 1 unspecified atom stereocenters. The third kappa shape index (κ3) is 6.74. The SMILES string of the molecule is Cc1c(OCCCCO)ccc(C(C)N2CC(CNC(=O)Cc3cc(F)cc(F)c3)C2)c1C. The van der Waals surface area contributed by atoms with Crippen LogP contribution in [0.4, 0.5) is 8.78 Å². The fourth-order valence-corrected chi connectivity index (χ4v) is 4.29. The van der Waals surface area contributed by atoms with E-state index in [0.29, 0.717) is 24.6 Å². The van der Waals surface area contributed by atoms with Gasteiger partial charge in [-0.3, -0.25) is 9.69 Å². The van der Waals surface area contributed by atoms with Gasteiger partial charge in [-0.1, -0.05) is 6.07 Å². The summed E-state index contributed by atoms with van der Waals surface area (Å²) in [6, 6.07) is 7.58. The molecule has 5 nitrogen and oxygen atoms in total. The number of carbonyl (C=O) groups excluding carboxylic acids is 1. The van der Waals surface area contributed by atoms with Gasteiger partial charge in [0.2, 0.25) is 5.91 Å². The molecular formula is C26H34F2N2O3. The minimum atomic E-state index is -0.673. The second-order valence-electron chi connectivity index (χ2n) is 8.94. The molecule has 1 fully saturated rings. The van der Waals surface area contributed by atoms with Crippen molar-refractivity contribution in [3.8, 4) is 5.75 Å². The van der Waals surface area contributed by atoms with Crippen LogP contribution in [-0.4, -0.2) is 48.8 Å². The summed E-state index contributed by atoms with van der Waals surface area (Å²) in [5, 5.41) is 11.8. The second-order valence-corrected chi connectivity index (χ2v) is 8.94. The molecule has 0 radical (unpaired) electrons. The summed E-state index contributed by atoms with van der Waals surface area (Å²) in [5.41, 5.74) is 3.97. The number of carbonyl (C=O) groups is 1. The van der Waals surface area contributed by atoms with E-state index in [9.17, 15) is 13.6 Å². The van der Waals surface area contributed by atoms with Crippen LogP contribution >= 0.6 is 0 Å². The van der Waals surface area contributed by atoms with Gasteiger partial charge in [-0.2, -0.15) is 0 Å². The van der Waals surface area contributed by atoms with Gasteiger partial charge in [-0.05, 0) is 74.1 Å². The summed E-state index contributed by atoms with van der Waals surface area (Å²) in [6.07, 6.45) is 1.54. The minimum Gasteiger partial charge on any atom is -0.493 e. The Kier molecular flexibility index (Phi) is 8.80. The van der Waals surface area contributed by atoms with Gasteiger partial charge < -0.3 is 15.2 Å². The van der Waals surface area contributed by atoms with Crippen molar-refractivity contribution in [2.24, 2.45) is 5.92 Å². The molecule has 1 amide bonds. The van der Waals surface area contributed by atoms with Gasteiger partial charge in [0.1, 0.15) is 17.4 Å². The first-order chi connectivity index (χ1) is 15.8. The van der Waals surface area contributed by atoms with Crippen LogP contribution in [0, 0.1) is 31.4 Å². The van der Waals surface area contributed by atoms with Crippen LogP contribution < -0.4 is 10.1 Å². The summed E-state index contributed by atoms with van der Waals surface area (Å²) in [7, 11) is 0. The lowest BCUT2D eigenvalue weighted by atomic mass is 9.91. The summed E-state index contributed by atoms with van der Waals surface area (Å²) < 4.78 is 32.4. The highest BCUT2D eigenvalue weighted by molar-refractivity contribution is 5.78. The molecule has 2 aromatic carbocycles. The number of aliphatic hydroxyl groups excluding tert-OH is 1. The monoisotopic (exact) mass is 460 g/mol. The Hall–Kier alpha value is -2.51. The topological polar surface area (TPSA) is 61.8 Å². The molecule has 0 bridgehead atoms. The van der Waals surface area contributed by atoms with Crippen LogP contribution in [0.2, 0.25) is 0 Å². The fourth-order valence-electron chi connectivity index (χ4n) is 4.29. The molecule has 0 saturated carbocycles. The molecule has 2 N–H and O–H groups in total. The Morgan fingerprint density at radius 3 is 2.52 bits per heavy atom. The van der Waals surface area contributed by atoms with Crippen LogP contribution in [0.1, 0.15) is 48.1 Å². The third-order valence-corrected chi connectivity index (χ3v) is 6.45. The number of amides is 1. The Labute approximate surface area is 194 Å². The minimum absolute atomic E-state index is 0.0333. The van der Waals surface area contributed by atoms with E-state index in [1.54, 1.807) is 0 Å². The fraction of sp³-hybridized carbons (Fsp3) is 0.500. The molecule has 3 rings (SSSR count). The van der Waals surface area contributed by atoms with Crippen LogP contribution in [-0.2, 0) is 11.2 Å². The van der Waals surface area contributed by atoms with Gasteiger partial charge >= 0.3 is 0 Å². The average Bonchev–Trinajstić information content (AvgIpc) is 2.72. The van der Waals surface area contributed by atoms with E-state index < -0.39 is 11.6 Å². The zero-order chi connectivity index (χ0) is 24.0. The number of aliphatic hydroxyl groups is 1. The van der Waals surface area contributed by atoms with Crippen LogP contribution in [0.25, 0.3) is 0 Å². The Morgan fingerprint density at radius 1 is 1.15 bits per heavy atom. The van der Waals surface area contributed by atoms with Crippen molar-refractivity contribution in [2.45, 2.75) is 46.1 Å². The van der Waals surface area contributed by atoms with Crippen molar-refractivity contribution in [2.75, 3.05) is 32.8 Å². The standard InChI is InChI=1S/C26H34F2N2O3/c1-17-18(2)25(33-9-5-4-8-31)7-6-24(17)19(3)30-15-21(16-30)14-29-26(32)12-20-10-22(27)13-23(28)11-20/h6-7,10-11,13,19,21,31H,4-5,8-9,12,14-16H2,1-3H3,(H,29,32). The maximum atomic E-state index is 13.3. The normalized spacial score (nSPS) is 15.2. The van der Waals surface area contributed by atoms with E-state index in [0.717, 1.165) is 43.3 Å². The number of hydrogen-bond donors (Lipinski definition) is 2. The molecule has 1 aliphatic rings. The van der Waals surface area contributed by atoms with Gasteiger partial charge in [0.25, 0.3) is 0 Å². The molecule has 33 heavy (non-hydrogen) atoms. The van der Waals surface area contributed by atoms with E-state index in [1.807, 2.05) is 6.07 Å². The first-order valence-corrected chi connectivity index (χ1v) is 11.6. The van der Waals surface area contributed by atoms with E-state index in [-0.39, 0.29) is 25.0 Å². The Morgan fingerprint density at radius 2 is 1.85 bits per heavy atom. The van der Waals surface area contributed by atoms with Gasteiger partial charge in [-0.25, -0.2) is 8.78 Å². The highest BCUT2D eigenvalue weighted by Crippen LogP contribution is 2.34. The van der Waals surface area contributed by atoms with E-state index in [1.165, 1.54) is 23.3 Å². The highest BCUT2D eigenvalue weighted by Gasteiger charge is 2.32. The number of nitrogens with zero attached hydrogens (tertiary/aromatic N) is 1. The zero-order valence-electron chi connectivity index (χ0n) is 19.7. The number of rotatable bonds is 11. The van der Waals surface area contributed by atoms with Gasteiger partial charge in [0.05, 0.1) is 13.0 Å². The molecule has 1 saturated heterocycles. The lowest BCUT2D eigenvalue weighted by Crippen LogP contribution is -2.52. The molecule has 180 valence electrons. The lowest BCUT2D eigenvalue weighted by molar-refractivity contribution is -0.121. The molecule has 0 spiro atoms. The highest BCUT2D eigenvalue weighted by atomic mass is 19.1. The summed E-state index contributed by atoms with van der Waals surface area (Å²) in [6.45, 7) is 9.49. The third-order valence-electron chi connectivity index (χ3n) is 6.45. The molecule has 7 heteroatoms. The van der Waals surface area contributed by atoms with Crippen molar-refractivity contribution < 1.29 is 23.4 Å². The predicted molar refractivity (Wildman–Crippen MR) is 124 cm³/mol. The van der Waals surface area contributed by atoms with Gasteiger partial charge in [0.15, 0.2) is 0 Å². The molecule has 0 aliphatic carbocycles. The van der Waals surface area contributed by atoms with Crippen LogP contribution in [0.15, 0.2) is 30.3 Å². The largest absolute Gasteiger partial charge is 0.493 e. The molecule has 1 heterocycles. The number of halogens is 2. The first kappa shape index (κ1) is 25.1. The Balaban J connectivity index is 1.45. The Bertz CT molecular complexity index is 941. The lowest BCUT2D eigenvalue weighted by Gasteiger charge is -2.44. The summed E-state index contributed by atoms with van der Waals surface area (Å²) in [4.78, 5) is 14.5. The van der Waals surface area contributed by atoms with Gasteiger partial charge in [0, 0.05) is 44.3 Å². The van der Waals surface area contributed by atoms with Crippen molar-refractivity contribution in [3.63, 3.8) is 0 Å². The molecule has 1 aliphatic heterocycles. The van der Waals surface area contributed by atoms with Crippen LogP contribution in [0.5, 0.6) is 5.75 Å². The maximum absolute atomic E-state index is 13.3. The second kappa shape index (κ2) is 11.6. The quantitative estimate of drug-likeness (QED) is 0.496. The number of unbranched alkanes of at least 4 members (excludes halogenated alkanes) is 1. The molecule has 0 aromatic heterocycles.